The molecule has 2 aromatic rings. The summed E-state index contributed by atoms with van der Waals surface area (Å²) < 4.78 is 6.46. The van der Waals surface area contributed by atoms with Crippen molar-refractivity contribution in [1.82, 2.24) is 20.5 Å². The summed E-state index contributed by atoms with van der Waals surface area (Å²) in [4.78, 5) is 4.06. The number of pyridine rings is 1. The Morgan fingerprint density at radius 3 is 2.72 bits per heavy atom. The molecule has 2 aromatic heterocycles. The molecule has 5 nitrogen and oxygen atoms in total. The van der Waals surface area contributed by atoms with Crippen molar-refractivity contribution in [3.8, 4) is 11.5 Å². The SMILES string of the molecule is CC(C)(C)NCc1nnc(-c2cncc(Br)c2)o1. The molecular formula is C12H15BrN4O. The Balaban J connectivity index is 2.11. The Morgan fingerprint density at radius 1 is 1.28 bits per heavy atom. The van der Waals surface area contributed by atoms with Gasteiger partial charge in [-0.2, -0.15) is 0 Å². The van der Waals surface area contributed by atoms with Gasteiger partial charge in [0.05, 0.1) is 12.1 Å². The highest BCUT2D eigenvalue weighted by molar-refractivity contribution is 9.10. The normalized spacial score (nSPS) is 11.8. The monoisotopic (exact) mass is 310 g/mol. The molecule has 0 fully saturated rings. The fraction of sp³-hybridized carbons (Fsp3) is 0.417. The lowest BCUT2D eigenvalue weighted by atomic mass is 10.1. The molecule has 0 unspecified atom stereocenters. The van der Waals surface area contributed by atoms with Crippen LogP contribution in [0.3, 0.4) is 0 Å². The maximum absolute atomic E-state index is 5.57. The Labute approximate surface area is 114 Å². The number of hydrogen-bond donors (Lipinski definition) is 1. The van der Waals surface area contributed by atoms with Gasteiger partial charge in [0.25, 0.3) is 0 Å². The quantitative estimate of drug-likeness (QED) is 0.944. The zero-order valence-electron chi connectivity index (χ0n) is 10.6. The largest absolute Gasteiger partial charge is 0.419 e. The molecular weight excluding hydrogens is 296 g/mol. The average molecular weight is 311 g/mol. The van der Waals surface area contributed by atoms with Gasteiger partial charge >= 0.3 is 0 Å². The molecule has 6 heteroatoms. The molecule has 0 spiro atoms. The molecule has 2 heterocycles. The van der Waals surface area contributed by atoms with Gasteiger partial charge in [0.15, 0.2) is 0 Å². The van der Waals surface area contributed by atoms with Crippen LogP contribution in [0.5, 0.6) is 0 Å². The van der Waals surface area contributed by atoms with Crippen molar-refractivity contribution < 1.29 is 4.42 Å². The minimum atomic E-state index is 0.0198. The molecule has 18 heavy (non-hydrogen) atoms. The first-order valence-electron chi connectivity index (χ1n) is 5.62. The topological polar surface area (TPSA) is 63.8 Å². The van der Waals surface area contributed by atoms with Crippen molar-refractivity contribution in [2.24, 2.45) is 0 Å². The van der Waals surface area contributed by atoms with Gasteiger partial charge in [-0.25, -0.2) is 0 Å². The summed E-state index contributed by atoms with van der Waals surface area (Å²) in [6.07, 6.45) is 3.40. The fourth-order valence-electron chi connectivity index (χ4n) is 1.31. The highest BCUT2D eigenvalue weighted by atomic mass is 79.9. The molecule has 1 N–H and O–H groups in total. The molecule has 0 aromatic carbocycles. The van der Waals surface area contributed by atoms with Gasteiger partial charge in [0, 0.05) is 22.4 Å². The summed E-state index contributed by atoms with van der Waals surface area (Å²) in [7, 11) is 0. The number of aromatic nitrogens is 3. The maximum Gasteiger partial charge on any atom is 0.249 e. The standard InChI is InChI=1S/C12H15BrN4O/c1-12(2,3)15-7-10-16-17-11(18-10)8-4-9(13)6-14-5-8/h4-6,15H,7H2,1-3H3. The van der Waals surface area contributed by atoms with Crippen molar-refractivity contribution in [3.63, 3.8) is 0 Å². The summed E-state index contributed by atoms with van der Waals surface area (Å²) >= 11 is 3.36. The van der Waals surface area contributed by atoms with E-state index in [1.807, 2.05) is 6.07 Å². The Bertz CT molecular complexity index is 533. The molecule has 0 atom stereocenters. The number of rotatable bonds is 3. The lowest BCUT2D eigenvalue weighted by Gasteiger charge is -2.18. The van der Waals surface area contributed by atoms with Crippen molar-refractivity contribution in [1.29, 1.82) is 0 Å². The van der Waals surface area contributed by atoms with Crippen molar-refractivity contribution in [3.05, 3.63) is 28.8 Å². The van der Waals surface area contributed by atoms with E-state index in [1.54, 1.807) is 12.4 Å². The lowest BCUT2D eigenvalue weighted by molar-refractivity contribution is 0.383. The summed E-state index contributed by atoms with van der Waals surface area (Å²) in [5, 5.41) is 11.3. The smallest absolute Gasteiger partial charge is 0.249 e. The third-order valence-corrected chi connectivity index (χ3v) is 2.62. The fourth-order valence-corrected chi connectivity index (χ4v) is 1.68. The van der Waals surface area contributed by atoms with Gasteiger partial charge in [0.1, 0.15) is 0 Å². The molecule has 0 radical (unpaired) electrons. The molecule has 0 aliphatic heterocycles. The Morgan fingerprint density at radius 2 is 2.06 bits per heavy atom. The van der Waals surface area contributed by atoms with E-state index >= 15 is 0 Å². The van der Waals surface area contributed by atoms with Crippen molar-refractivity contribution in [2.45, 2.75) is 32.9 Å². The zero-order valence-corrected chi connectivity index (χ0v) is 12.2. The lowest BCUT2D eigenvalue weighted by Crippen LogP contribution is -2.35. The summed E-state index contributed by atoms with van der Waals surface area (Å²) in [5.41, 5.74) is 0.824. The van der Waals surface area contributed by atoms with Crippen LogP contribution in [0.1, 0.15) is 26.7 Å². The van der Waals surface area contributed by atoms with E-state index in [4.69, 9.17) is 4.42 Å². The Kier molecular flexibility index (Phi) is 3.77. The summed E-state index contributed by atoms with van der Waals surface area (Å²) in [6.45, 7) is 6.81. The maximum atomic E-state index is 5.57. The van der Waals surface area contributed by atoms with E-state index in [-0.39, 0.29) is 5.54 Å². The number of halogens is 1. The Hall–Kier alpha value is -1.27. The van der Waals surface area contributed by atoms with E-state index in [2.05, 4.69) is 57.2 Å². The van der Waals surface area contributed by atoms with Crippen molar-refractivity contribution >= 4 is 15.9 Å². The highest BCUT2D eigenvalue weighted by Gasteiger charge is 2.13. The van der Waals surface area contributed by atoms with Crippen LogP contribution in [0.2, 0.25) is 0 Å². The van der Waals surface area contributed by atoms with Crippen LogP contribution in [0.4, 0.5) is 0 Å². The minimum absolute atomic E-state index is 0.0198. The van der Waals surface area contributed by atoms with E-state index in [0.29, 0.717) is 18.3 Å². The van der Waals surface area contributed by atoms with E-state index in [1.165, 1.54) is 0 Å². The van der Waals surface area contributed by atoms with Gasteiger partial charge in [-0.15, -0.1) is 10.2 Å². The first-order chi connectivity index (χ1) is 8.44. The molecule has 0 bridgehead atoms. The summed E-state index contributed by atoms with van der Waals surface area (Å²) in [6, 6.07) is 1.89. The van der Waals surface area contributed by atoms with E-state index in [0.717, 1.165) is 10.0 Å². The molecule has 0 saturated heterocycles. The second-order valence-electron chi connectivity index (χ2n) is 5.00. The highest BCUT2D eigenvalue weighted by Crippen LogP contribution is 2.20. The molecule has 2 rings (SSSR count). The molecule has 0 aliphatic carbocycles. The van der Waals surface area contributed by atoms with Crippen LogP contribution in [-0.2, 0) is 6.54 Å². The second kappa shape index (κ2) is 5.16. The van der Waals surface area contributed by atoms with Crippen LogP contribution in [0.25, 0.3) is 11.5 Å². The minimum Gasteiger partial charge on any atom is -0.419 e. The average Bonchev–Trinajstić information content (AvgIpc) is 2.74. The third-order valence-electron chi connectivity index (χ3n) is 2.19. The number of nitrogens with one attached hydrogen (secondary N) is 1. The predicted molar refractivity (Wildman–Crippen MR) is 71.8 cm³/mol. The van der Waals surface area contributed by atoms with Crippen LogP contribution in [-0.4, -0.2) is 20.7 Å². The van der Waals surface area contributed by atoms with E-state index < -0.39 is 0 Å². The van der Waals surface area contributed by atoms with E-state index in [9.17, 15) is 0 Å². The molecule has 0 aliphatic rings. The first-order valence-corrected chi connectivity index (χ1v) is 6.42. The van der Waals surface area contributed by atoms with Gasteiger partial charge in [-0.1, -0.05) is 0 Å². The molecule has 96 valence electrons. The van der Waals surface area contributed by atoms with Crippen molar-refractivity contribution in [2.75, 3.05) is 0 Å². The molecule has 0 amide bonds. The van der Waals surface area contributed by atoms with Crippen LogP contribution < -0.4 is 5.32 Å². The number of hydrogen-bond acceptors (Lipinski definition) is 5. The van der Waals surface area contributed by atoms with Crippen LogP contribution in [0, 0.1) is 0 Å². The van der Waals surface area contributed by atoms with Gasteiger partial charge in [0.2, 0.25) is 11.8 Å². The van der Waals surface area contributed by atoms with Gasteiger partial charge < -0.3 is 9.73 Å². The number of nitrogens with zero attached hydrogens (tertiary/aromatic N) is 3. The molecule has 0 saturated carbocycles. The third kappa shape index (κ3) is 3.61. The first kappa shape index (κ1) is 13.2. The van der Waals surface area contributed by atoms with Crippen LogP contribution >= 0.6 is 15.9 Å². The zero-order chi connectivity index (χ0) is 13.2. The predicted octanol–water partition coefficient (Wildman–Crippen LogP) is 2.78. The second-order valence-corrected chi connectivity index (χ2v) is 5.91. The summed E-state index contributed by atoms with van der Waals surface area (Å²) in [5.74, 6) is 1.05. The van der Waals surface area contributed by atoms with Crippen LogP contribution in [0.15, 0.2) is 27.3 Å². The van der Waals surface area contributed by atoms with Gasteiger partial charge in [-0.3, -0.25) is 4.98 Å². The van der Waals surface area contributed by atoms with Gasteiger partial charge in [-0.05, 0) is 42.8 Å².